The fourth-order valence-electron chi connectivity index (χ4n) is 0.713. The summed E-state index contributed by atoms with van der Waals surface area (Å²) in [6, 6.07) is 7.41. The minimum atomic E-state index is -4.64. The van der Waals surface area contributed by atoms with Crippen molar-refractivity contribution >= 4 is 13.5 Å². The highest BCUT2D eigenvalue weighted by Crippen LogP contribution is 2.25. The average Bonchev–Trinajstić information content (AvgIpc) is 2.15. The number of nitrogen functional groups attached to an aromatic ring is 1. The molecule has 0 aliphatic rings. The summed E-state index contributed by atoms with van der Waals surface area (Å²) < 4.78 is 13.8. The number of methoxy groups -OCH3 is 1. The third-order valence-corrected chi connectivity index (χ3v) is 1.24. The van der Waals surface area contributed by atoms with Gasteiger partial charge in [0, 0.05) is 6.07 Å². The normalized spacial score (nSPS) is 9.93. The Balaban J connectivity index is 0.000000336. The molecule has 6 N–H and O–H groups in total. The van der Waals surface area contributed by atoms with E-state index >= 15 is 0 Å². The molecule has 1 aromatic carbocycles. The molecule has 1 rings (SSSR count). The molecule has 0 heterocycles. The second kappa shape index (κ2) is 6.39. The molecule has 0 unspecified atom stereocenters. The Morgan fingerprint density at radius 3 is 2.33 bits per heavy atom. The van der Waals surface area contributed by atoms with E-state index in [0.29, 0.717) is 0 Å². The fourth-order valence-corrected chi connectivity index (χ4v) is 0.713. The van der Waals surface area contributed by atoms with Gasteiger partial charge in [-0.2, -0.15) is 0 Å². The summed E-state index contributed by atoms with van der Waals surface area (Å²) in [5.74, 6) is 5.97. The Labute approximate surface area is 86.7 Å². The lowest BCUT2D eigenvalue weighted by Gasteiger charge is -2.01. The van der Waals surface area contributed by atoms with Gasteiger partial charge in [0.25, 0.3) is 0 Å². The van der Waals surface area contributed by atoms with Crippen molar-refractivity contribution in [3.63, 3.8) is 0 Å². The molecule has 0 atom stereocenters. The van der Waals surface area contributed by atoms with Crippen LogP contribution in [0.3, 0.4) is 0 Å². The number of anilines is 1. The van der Waals surface area contributed by atoms with Crippen LogP contribution in [0.2, 0.25) is 0 Å². The first-order valence-corrected chi connectivity index (χ1v) is 5.32. The van der Waals surface area contributed by atoms with Crippen molar-refractivity contribution in [3.8, 4) is 5.75 Å². The molecular formula is C7H13N2O5P. The van der Waals surface area contributed by atoms with Crippen molar-refractivity contribution in [2.24, 2.45) is 5.84 Å². The van der Waals surface area contributed by atoms with E-state index in [1.807, 2.05) is 24.3 Å². The summed E-state index contributed by atoms with van der Waals surface area (Å²) in [5.41, 5.74) is 3.37. The second-order valence-corrected chi connectivity index (χ2v) is 3.42. The number of nitrogens with two attached hydrogens (primary N) is 1. The van der Waals surface area contributed by atoms with Gasteiger partial charge >= 0.3 is 7.82 Å². The standard InChI is InChI=1S/C7H10N2O.H3O4P/c1-10-7-4-2-3-6(5-7)9-8;1-5(2,3)4/h2-5,9H,8H2,1H3;(H3,1,2,3,4). The molecule has 0 radical (unpaired) electrons. The van der Waals surface area contributed by atoms with Crippen LogP contribution >= 0.6 is 7.82 Å². The van der Waals surface area contributed by atoms with E-state index in [1.165, 1.54) is 0 Å². The number of hydrogen-bond acceptors (Lipinski definition) is 4. The van der Waals surface area contributed by atoms with Crippen LogP contribution in [0, 0.1) is 0 Å². The first-order chi connectivity index (χ1) is 6.86. The molecule has 15 heavy (non-hydrogen) atoms. The van der Waals surface area contributed by atoms with Crippen LogP contribution in [-0.2, 0) is 4.57 Å². The highest BCUT2D eigenvalue weighted by molar-refractivity contribution is 7.45. The van der Waals surface area contributed by atoms with Crippen molar-refractivity contribution in [1.29, 1.82) is 0 Å². The molecule has 0 bridgehead atoms. The first-order valence-electron chi connectivity index (χ1n) is 3.75. The Bertz CT molecular complexity index is 312. The third kappa shape index (κ3) is 9.20. The lowest BCUT2D eigenvalue weighted by Crippen LogP contribution is -2.06. The van der Waals surface area contributed by atoms with Crippen molar-refractivity contribution in [2.75, 3.05) is 12.5 Å². The zero-order valence-electron chi connectivity index (χ0n) is 7.99. The third-order valence-electron chi connectivity index (χ3n) is 1.24. The minimum Gasteiger partial charge on any atom is -0.497 e. The summed E-state index contributed by atoms with van der Waals surface area (Å²) in [6.07, 6.45) is 0. The topological polar surface area (TPSA) is 125 Å². The van der Waals surface area contributed by atoms with E-state index in [4.69, 9.17) is 29.8 Å². The average molecular weight is 236 g/mol. The quantitative estimate of drug-likeness (QED) is 0.279. The van der Waals surface area contributed by atoms with Gasteiger partial charge in [-0.25, -0.2) is 4.57 Å². The van der Waals surface area contributed by atoms with Crippen LogP contribution < -0.4 is 16.0 Å². The van der Waals surface area contributed by atoms with Crippen molar-refractivity contribution in [3.05, 3.63) is 24.3 Å². The van der Waals surface area contributed by atoms with E-state index in [0.717, 1.165) is 11.4 Å². The summed E-state index contributed by atoms with van der Waals surface area (Å²) in [7, 11) is -3.02. The number of ether oxygens (including phenoxy) is 1. The highest BCUT2D eigenvalue weighted by atomic mass is 31.2. The molecule has 0 aromatic heterocycles. The van der Waals surface area contributed by atoms with Gasteiger partial charge in [0.15, 0.2) is 0 Å². The minimum absolute atomic E-state index is 0.801. The number of rotatable bonds is 2. The van der Waals surface area contributed by atoms with Crippen LogP contribution in [0.1, 0.15) is 0 Å². The maximum Gasteiger partial charge on any atom is 0.466 e. The monoisotopic (exact) mass is 236 g/mol. The van der Waals surface area contributed by atoms with Gasteiger partial charge < -0.3 is 24.8 Å². The molecular weight excluding hydrogens is 223 g/mol. The Kier molecular flexibility index (Phi) is 5.92. The molecule has 0 aliphatic carbocycles. The van der Waals surface area contributed by atoms with Crippen LogP contribution in [0.15, 0.2) is 24.3 Å². The second-order valence-electron chi connectivity index (χ2n) is 2.39. The van der Waals surface area contributed by atoms with Gasteiger partial charge in [0.05, 0.1) is 12.8 Å². The van der Waals surface area contributed by atoms with E-state index in [2.05, 4.69) is 5.43 Å². The van der Waals surface area contributed by atoms with E-state index < -0.39 is 7.82 Å². The molecule has 0 saturated carbocycles. The van der Waals surface area contributed by atoms with Crippen molar-refractivity contribution in [2.45, 2.75) is 0 Å². The maximum absolute atomic E-state index is 8.88. The van der Waals surface area contributed by atoms with Crippen molar-refractivity contribution < 1.29 is 24.0 Å². The summed E-state index contributed by atoms with van der Waals surface area (Å²) in [4.78, 5) is 21.6. The molecule has 0 saturated heterocycles. The van der Waals surface area contributed by atoms with E-state index in [9.17, 15) is 0 Å². The summed E-state index contributed by atoms with van der Waals surface area (Å²) in [5, 5.41) is 0. The largest absolute Gasteiger partial charge is 0.497 e. The van der Waals surface area contributed by atoms with Gasteiger partial charge in [-0.1, -0.05) is 6.07 Å². The number of nitrogens with one attached hydrogen (secondary N) is 1. The van der Waals surface area contributed by atoms with Crippen LogP contribution in [0.4, 0.5) is 5.69 Å². The van der Waals surface area contributed by atoms with Gasteiger partial charge in [-0.3, -0.25) is 5.84 Å². The summed E-state index contributed by atoms with van der Waals surface area (Å²) in [6.45, 7) is 0. The molecule has 1 aromatic rings. The fraction of sp³-hybridized carbons (Fsp3) is 0.143. The predicted octanol–water partition coefficient (Wildman–Crippen LogP) is 0.0522. The Morgan fingerprint density at radius 1 is 1.40 bits per heavy atom. The lowest BCUT2D eigenvalue weighted by atomic mass is 10.3. The number of hydrogen-bond donors (Lipinski definition) is 5. The Morgan fingerprint density at radius 2 is 1.93 bits per heavy atom. The van der Waals surface area contributed by atoms with Gasteiger partial charge in [-0.05, 0) is 12.1 Å². The van der Waals surface area contributed by atoms with Crippen LogP contribution in [0.25, 0.3) is 0 Å². The maximum atomic E-state index is 8.88. The molecule has 0 amide bonds. The van der Waals surface area contributed by atoms with Gasteiger partial charge in [-0.15, -0.1) is 0 Å². The summed E-state index contributed by atoms with van der Waals surface area (Å²) >= 11 is 0. The van der Waals surface area contributed by atoms with E-state index in [-0.39, 0.29) is 0 Å². The number of phosphoric acid groups is 1. The molecule has 0 spiro atoms. The highest BCUT2D eigenvalue weighted by Gasteiger charge is 2.00. The smallest absolute Gasteiger partial charge is 0.466 e. The molecule has 7 nitrogen and oxygen atoms in total. The first kappa shape index (κ1) is 13.9. The SMILES string of the molecule is COc1cccc(NN)c1.O=P(O)(O)O. The predicted molar refractivity (Wildman–Crippen MR) is 55.1 cm³/mol. The van der Waals surface area contributed by atoms with Gasteiger partial charge in [0.1, 0.15) is 5.75 Å². The van der Waals surface area contributed by atoms with Crippen LogP contribution in [-0.4, -0.2) is 21.8 Å². The zero-order chi connectivity index (χ0) is 11.9. The molecule has 0 fully saturated rings. The number of hydrazine groups is 1. The molecule has 86 valence electrons. The lowest BCUT2D eigenvalue weighted by molar-refractivity contribution is 0.275. The molecule has 8 heteroatoms. The number of benzene rings is 1. The van der Waals surface area contributed by atoms with Crippen molar-refractivity contribution in [1.82, 2.24) is 0 Å². The van der Waals surface area contributed by atoms with Gasteiger partial charge in [0.2, 0.25) is 0 Å². The van der Waals surface area contributed by atoms with E-state index in [1.54, 1.807) is 7.11 Å². The zero-order valence-corrected chi connectivity index (χ0v) is 8.89. The van der Waals surface area contributed by atoms with Crippen LogP contribution in [0.5, 0.6) is 5.75 Å². The molecule has 0 aliphatic heterocycles. The Hall–Kier alpha value is -1.11.